The lowest BCUT2D eigenvalue weighted by atomic mass is 9.86. The molecule has 1 rings (SSSR count). The molecule has 3 atom stereocenters. The van der Waals surface area contributed by atoms with Crippen molar-refractivity contribution in [2.45, 2.75) is 103 Å². The first-order chi connectivity index (χ1) is 11.5. The summed E-state index contributed by atoms with van der Waals surface area (Å²) in [5.74, 6) is 0.328. The highest BCUT2D eigenvalue weighted by Crippen LogP contribution is 2.36. The molecule has 0 aromatic carbocycles. The lowest BCUT2D eigenvalue weighted by Crippen LogP contribution is -2.17. The Morgan fingerprint density at radius 2 is 1.83 bits per heavy atom. The Bertz CT molecular complexity index is 367. The Kier molecular flexibility index (Phi) is 11.0. The smallest absolute Gasteiger partial charge is 0.303 e. The number of Topliss-reactive ketones (excluding diaryl/α,β-unsaturated/α-hetero) is 1. The van der Waals surface area contributed by atoms with Gasteiger partial charge in [-0.15, -0.1) is 0 Å². The molecule has 24 heavy (non-hydrogen) atoms. The van der Waals surface area contributed by atoms with E-state index in [-0.39, 0.29) is 18.4 Å². The Morgan fingerprint density at radius 3 is 2.54 bits per heavy atom. The van der Waals surface area contributed by atoms with Gasteiger partial charge in [-0.05, 0) is 44.4 Å². The molecule has 0 aromatic rings. The molecule has 2 N–H and O–H groups in total. The number of carbonyl (C=O) groups excluding carboxylic acids is 1. The normalized spacial score (nSPS) is 22.0. The van der Waals surface area contributed by atoms with Crippen LogP contribution in [-0.4, -0.2) is 28.1 Å². The van der Waals surface area contributed by atoms with Crippen LogP contribution in [-0.2, 0) is 9.59 Å². The van der Waals surface area contributed by atoms with Crippen molar-refractivity contribution in [3.05, 3.63) is 0 Å². The second-order valence-electron chi connectivity index (χ2n) is 7.45. The first kappa shape index (κ1) is 21.1. The number of rotatable bonds is 14. The lowest BCUT2D eigenvalue weighted by molar-refractivity contribution is -0.137. The van der Waals surface area contributed by atoms with E-state index in [1.165, 1.54) is 12.8 Å². The van der Waals surface area contributed by atoms with Crippen molar-refractivity contribution in [3.63, 3.8) is 0 Å². The van der Waals surface area contributed by atoms with Crippen LogP contribution in [0.5, 0.6) is 0 Å². The molecule has 0 bridgehead atoms. The summed E-state index contributed by atoms with van der Waals surface area (Å²) >= 11 is 0. The number of carboxylic acids is 1. The van der Waals surface area contributed by atoms with Crippen LogP contribution in [0.2, 0.25) is 0 Å². The number of ketones is 1. The van der Waals surface area contributed by atoms with Gasteiger partial charge in [0.15, 0.2) is 0 Å². The van der Waals surface area contributed by atoms with Gasteiger partial charge in [-0.1, -0.05) is 45.4 Å². The van der Waals surface area contributed by atoms with Gasteiger partial charge in [0.1, 0.15) is 5.78 Å². The largest absolute Gasteiger partial charge is 0.481 e. The van der Waals surface area contributed by atoms with Crippen LogP contribution in [0.4, 0.5) is 0 Å². The Balaban J connectivity index is 2.19. The molecule has 0 radical (unpaired) electrons. The molecule has 0 amide bonds. The maximum Gasteiger partial charge on any atom is 0.303 e. The van der Waals surface area contributed by atoms with Crippen molar-refractivity contribution in [1.82, 2.24) is 0 Å². The van der Waals surface area contributed by atoms with Crippen LogP contribution < -0.4 is 0 Å². The molecule has 1 aliphatic carbocycles. The molecule has 4 nitrogen and oxygen atoms in total. The van der Waals surface area contributed by atoms with Crippen molar-refractivity contribution >= 4 is 11.8 Å². The summed E-state index contributed by atoms with van der Waals surface area (Å²) in [6, 6.07) is 0. The zero-order valence-corrected chi connectivity index (χ0v) is 15.3. The third-order valence-electron chi connectivity index (χ3n) is 5.41. The molecule has 0 heterocycles. The molecule has 0 aromatic heterocycles. The first-order valence-corrected chi connectivity index (χ1v) is 9.97. The highest BCUT2D eigenvalue weighted by Gasteiger charge is 2.33. The minimum absolute atomic E-state index is 0.187. The van der Waals surface area contributed by atoms with Crippen molar-refractivity contribution in [1.29, 1.82) is 0 Å². The average molecular weight is 341 g/mol. The lowest BCUT2D eigenvalue weighted by Gasteiger charge is -2.20. The van der Waals surface area contributed by atoms with E-state index < -0.39 is 5.97 Å². The zero-order valence-electron chi connectivity index (χ0n) is 15.3. The van der Waals surface area contributed by atoms with E-state index in [0.29, 0.717) is 18.1 Å². The van der Waals surface area contributed by atoms with E-state index in [1.807, 2.05) is 0 Å². The van der Waals surface area contributed by atoms with E-state index in [1.54, 1.807) is 0 Å². The highest BCUT2D eigenvalue weighted by molar-refractivity contribution is 5.83. The fourth-order valence-electron chi connectivity index (χ4n) is 3.89. The summed E-state index contributed by atoms with van der Waals surface area (Å²) < 4.78 is 0. The number of unbranched alkanes of at least 4 members (excludes halogenated alkanes) is 5. The zero-order chi connectivity index (χ0) is 17.8. The molecule has 1 aliphatic rings. The van der Waals surface area contributed by atoms with Crippen LogP contribution in [0, 0.1) is 11.8 Å². The highest BCUT2D eigenvalue weighted by atomic mass is 16.4. The summed E-state index contributed by atoms with van der Waals surface area (Å²) in [4.78, 5) is 22.6. The Morgan fingerprint density at radius 1 is 1.08 bits per heavy atom. The maximum atomic E-state index is 12.1. The van der Waals surface area contributed by atoms with Crippen molar-refractivity contribution in [2.24, 2.45) is 11.8 Å². The van der Waals surface area contributed by atoms with Crippen LogP contribution in [0.15, 0.2) is 0 Å². The average Bonchev–Trinajstić information content (AvgIpc) is 2.89. The maximum absolute atomic E-state index is 12.1. The predicted molar refractivity (Wildman–Crippen MR) is 95.9 cm³/mol. The van der Waals surface area contributed by atoms with Crippen LogP contribution in [0.3, 0.4) is 0 Å². The molecule has 4 heteroatoms. The summed E-state index contributed by atoms with van der Waals surface area (Å²) in [6.45, 7) is 2.17. The number of carboxylic acid groups (broad SMARTS) is 1. The quantitative estimate of drug-likeness (QED) is 0.448. The van der Waals surface area contributed by atoms with Gasteiger partial charge in [0.05, 0.1) is 6.10 Å². The van der Waals surface area contributed by atoms with Gasteiger partial charge >= 0.3 is 5.97 Å². The molecular formula is C20H36O4. The van der Waals surface area contributed by atoms with Gasteiger partial charge in [-0.25, -0.2) is 0 Å². The van der Waals surface area contributed by atoms with E-state index >= 15 is 0 Å². The van der Waals surface area contributed by atoms with E-state index in [2.05, 4.69) is 6.92 Å². The minimum atomic E-state index is -0.724. The number of aliphatic hydroxyl groups excluding tert-OH is 1. The second-order valence-corrected chi connectivity index (χ2v) is 7.45. The molecular weight excluding hydrogens is 304 g/mol. The number of hydrogen-bond donors (Lipinski definition) is 2. The second kappa shape index (κ2) is 12.5. The molecule has 0 aliphatic heterocycles. The van der Waals surface area contributed by atoms with Gasteiger partial charge < -0.3 is 10.2 Å². The summed E-state index contributed by atoms with van der Waals surface area (Å²) in [7, 11) is 0. The third-order valence-corrected chi connectivity index (χ3v) is 5.41. The number of aliphatic hydroxyl groups is 1. The Labute approximate surface area is 147 Å². The van der Waals surface area contributed by atoms with E-state index in [0.717, 1.165) is 64.2 Å². The minimum Gasteiger partial charge on any atom is -0.481 e. The summed E-state index contributed by atoms with van der Waals surface area (Å²) in [6.07, 6.45) is 12.6. The summed E-state index contributed by atoms with van der Waals surface area (Å²) in [5, 5.41) is 18.7. The van der Waals surface area contributed by atoms with Gasteiger partial charge in [0, 0.05) is 18.8 Å². The van der Waals surface area contributed by atoms with Crippen LogP contribution >= 0.6 is 0 Å². The van der Waals surface area contributed by atoms with Crippen molar-refractivity contribution in [2.75, 3.05) is 0 Å². The predicted octanol–water partition coefficient (Wildman–Crippen LogP) is 4.73. The van der Waals surface area contributed by atoms with Gasteiger partial charge in [0.2, 0.25) is 0 Å². The third kappa shape index (κ3) is 8.81. The fraction of sp³-hybridized carbons (Fsp3) is 0.900. The molecule has 140 valence electrons. The van der Waals surface area contributed by atoms with Crippen molar-refractivity contribution < 1.29 is 19.8 Å². The SMILES string of the molecule is CCCCCC(O)CC[C@H]1CCC(=O)[C@H]1CCCCCCC(=O)O. The van der Waals surface area contributed by atoms with Crippen LogP contribution in [0.25, 0.3) is 0 Å². The molecule has 1 saturated carbocycles. The molecule has 0 saturated heterocycles. The van der Waals surface area contributed by atoms with Gasteiger partial charge in [-0.2, -0.15) is 0 Å². The fourth-order valence-corrected chi connectivity index (χ4v) is 3.89. The molecule has 1 unspecified atom stereocenters. The standard InChI is InChI=1S/C20H36O4/c1-2-3-6-9-17(21)14-12-16-13-15-19(22)18(16)10-7-4-5-8-11-20(23)24/h16-18,21H,2-15H2,1H3,(H,23,24)/t16-,17?,18-/m0/s1. The van der Waals surface area contributed by atoms with E-state index in [4.69, 9.17) is 5.11 Å². The van der Waals surface area contributed by atoms with Gasteiger partial charge in [-0.3, -0.25) is 9.59 Å². The first-order valence-electron chi connectivity index (χ1n) is 9.97. The van der Waals surface area contributed by atoms with Crippen LogP contribution in [0.1, 0.15) is 96.8 Å². The molecule has 0 spiro atoms. The monoisotopic (exact) mass is 340 g/mol. The number of aliphatic carboxylic acids is 1. The van der Waals surface area contributed by atoms with Crippen molar-refractivity contribution in [3.8, 4) is 0 Å². The van der Waals surface area contributed by atoms with Gasteiger partial charge in [0.25, 0.3) is 0 Å². The molecule has 1 fully saturated rings. The number of carbonyl (C=O) groups is 2. The summed E-state index contributed by atoms with van der Waals surface area (Å²) in [5.41, 5.74) is 0. The Hall–Kier alpha value is -0.900. The van der Waals surface area contributed by atoms with E-state index in [9.17, 15) is 14.7 Å². The topological polar surface area (TPSA) is 74.6 Å². The number of hydrogen-bond acceptors (Lipinski definition) is 3.